The molecule has 1 unspecified atom stereocenters. The van der Waals surface area contributed by atoms with Crippen LogP contribution in [-0.2, 0) is 28.6 Å². The fourth-order valence-corrected chi connectivity index (χ4v) is 9.44. The van der Waals surface area contributed by atoms with Gasteiger partial charge in [0.05, 0.1) is 0 Å². The monoisotopic (exact) mass is 1070 g/mol. The van der Waals surface area contributed by atoms with Crippen LogP contribution in [0.5, 0.6) is 0 Å². The average molecular weight is 1070 g/mol. The summed E-state index contributed by atoms with van der Waals surface area (Å²) in [5, 5.41) is 0. The first-order valence-corrected chi connectivity index (χ1v) is 33.1. The topological polar surface area (TPSA) is 78.9 Å². The third-order valence-electron chi connectivity index (χ3n) is 14.4. The Balaban J connectivity index is 3.97. The summed E-state index contributed by atoms with van der Waals surface area (Å²) in [6.07, 6.45) is 86.6. The Hall–Kier alpha value is -3.41. The van der Waals surface area contributed by atoms with Gasteiger partial charge in [-0.1, -0.05) is 298 Å². The highest BCUT2D eigenvalue weighted by Gasteiger charge is 2.19. The Morgan fingerprint density at radius 3 is 0.792 bits per heavy atom. The van der Waals surface area contributed by atoms with Crippen LogP contribution in [0, 0.1) is 0 Å². The second kappa shape index (κ2) is 65.1. The van der Waals surface area contributed by atoms with E-state index in [1.54, 1.807) is 0 Å². The molecule has 0 aromatic heterocycles. The van der Waals surface area contributed by atoms with Crippen LogP contribution < -0.4 is 0 Å². The van der Waals surface area contributed by atoms with Crippen molar-refractivity contribution in [3.8, 4) is 0 Å². The van der Waals surface area contributed by atoms with Crippen molar-refractivity contribution in [3.63, 3.8) is 0 Å². The summed E-state index contributed by atoms with van der Waals surface area (Å²) in [7, 11) is 0. The largest absolute Gasteiger partial charge is 0.462 e. The minimum absolute atomic E-state index is 0.0820. The van der Waals surface area contributed by atoms with Gasteiger partial charge in [0.2, 0.25) is 0 Å². The van der Waals surface area contributed by atoms with Gasteiger partial charge in [0.1, 0.15) is 13.2 Å². The first-order chi connectivity index (χ1) is 38.0. The van der Waals surface area contributed by atoms with Gasteiger partial charge in [0.15, 0.2) is 6.10 Å². The summed E-state index contributed by atoms with van der Waals surface area (Å²) in [4.78, 5) is 37.9. The molecule has 0 aliphatic heterocycles. The quantitative estimate of drug-likeness (QED) is 0.0261. The fourth-order valence-electron chi connectivity index (χ4n) is 9.44. The Morgan fingerprint density at radius 1 is 0.273 bits per heavy atom. The maximum atomic E-state index is 12.8. The summed E-state index contributed by atoms with van der Waals surface area (Å²) in [5.41, 5.74) is 0. The van der Waals surface area contributed by atoms with Crippen LogP contribution in [0.1, 0.15) is 329 Å². The van der Waals surface area contributed by atoms with Gasteiger partial charge in [-0.25, -0.2) is 0 Å². The molecule has 0 saturated heterocycles. The predicted octanol–water partition coefficient (Wildman–Crippen LogP) is 22.7. The van der Waals surface area contributed by atoms with E-state index in [1.807, 2.05) is 0 Å². The molecule has 0 heterocycles. The van der Waals surface area contributed by atoms with Gasteiger partial charge < -0.3 is 14.2 Å². The maximum Gasteiger partial charge on any atom is 0.306 e. The van der Waals surface area contributed by atoms with E-state index in [9.17, 15) is 14.4 Å². The summed E-state index contributed by atoms with van der Waals surface area (Å²) < 4.78 is 16.8. The predicted molar refractivity (Wildman–Crippen MR) is 334 cm³/mol. The first kappa shape index (κ1) is 73.6. The molecular weight excluding hydrogens is 949 g/mol. The third-order valence-corrected chi connectivity index (χ3v) is 14.4. The summed E-state index contributed by atoms with van der Waals surface area (Å²) in [5.74, 6) is -0.904. The Labute approximate surface area is 477 Å². The maximum absolute atomic E-state index is 12.8. The number of esters is 3. The Kier molecular flexibility index (Phi) is 62.2. The van der Waals surface area contributed by atoms with Crippen LogP contribution >= 0.6 is 0 Å². The van der Waals surface area contributed by atoms with E-state index in [0.29, 0.717) is 19.3 Å². The molecule has 0 aliphatic carbocycles. The van der Waals surface area contributed by atoms with Crippen molar-refractivity contribution in [1.82, 2.24) is 0 Å². The van der Waals surface area contributed by atoms with E-state index in [1.165, 1.54) is 167 Å². The summed E-state index contributed by atoms with van der Waals surface area (Å²) in [6, 6.07) is 0. The number of allylic oxidation sites excluding steroid dienone is 14. The molecule has 77 heavy (non-hydrogen) atoms. The molecule has 0 rings (SSSR count). The van der Waals surface area contributed by atoms with Gasteiger partial charge in [0.25, 0.3) is 0 Å². The van der Waals surface area contributed by atoms with Crippen molar-refractivity contribution < 1.29 is 28.6 Å². The van der Waals surface area contributed by atoms with E-state index in [0.717, 1.165) is 122 Å². The molecule has 444 valence electrons. The van der Waals surface area contributed by atoms with Crippen molar-refractivity contribution in [2.24, 2.45) is 0 Å². The molecule has 0 saturated carbocycles. The Bertz CT molecular complexity index is 1470. The minimum atomic E-state index is -0.783. The van der Waals surface area contributed by atoms with E-state index in [-0.39, 0.29) is 31.1 Å². The van der Waals surface area contributed by atoms with Crippen LogP contribution in [0.4, 0.5) is 0 Å². The zero-order valence-electron chi connectivity index (χ0n) is 51.0. The minimum Gasteiger partial charge on any atom is -0.462 e. The second-order valence-corrected chi connectivity index (χ2v) is 22.0. The summed E-state index contributed by atoms with van der Waals surface area (Å²) >= 11 is 0. The standard InChI is InChI=1S/C71H124O6/c1-4-7-10-13-15-17-19-21-23-25-27-29-30-31-32-33-34-35-36-37-38-39-40-42-43-45-47-49-51-53-55-58-61-64-70(73)76-67-68(66-75-69(72)63-60-57-12-9-6-3)77-71(74)65-62-59-56-54-52-50-48-46-44-41-28-26-24-22-20-18-16-14-11-8-5-2/h8,11,16,18-19,21-22,24-25,27-28,41,46,48,68H,4-7,9-10,12-15,17,20,23,26,29-40,42-45,47,49-67H2,1-3H3/b11-8-,18-16-,21-19-,24-22-,27-25-,41-28-,48-46-. The Morgan fingerprint density at radius 2 is 0.506 bits per heavy atom. The zero-order valence-corrected chi connectivity index (χ0v) is 51.0. The van der Waals surface area contributed by atoms with Crippen LogP contribution in [0.3, 0.4) is 0 Å². The van der Waals surface area contributed by atoms with Crippen molar-refractivity contribution in [2.75, 3.05) is 13.2 Å². The highest BCUT2D eigenvalue weighted by atomic mass is 16.6. The van der Waals surface area contributed by atoms with Crippen molar-refractivity contribution in [2.45, 2.75) is 335 Å². The van der Waals surface area contributed by atoms with Gasteiger partial charge in [0, 0.05) is 19.3 Å². The smallest absolute Gasteiger partial charge is 0.306 e. The third kappa shape index (κ3) is 63.3. The molecule has 0 aliphatic rings. The molecule has 0 bridgehead atoms. The van der Waals surface area contributed by atoms with Gasteiger partial charge in [-0.15, -0.1) is 0 Å². The van der Waals surface area contributed by atoms with Gasteiger partial charge >= 0.3 is 17.9 Å². The van der Waals surface area contributed by atoms with Crippen LogP contribution in [0.2, 0.25) is 0 Å². The lowest BCUT2D eigenvalue weighted by atomic mass is 10.0. The molecule has 0 amide bonds. The molecule has 0 N–H and O–H groups in total. The second-order valence-electron chi connectivity index (χ2n) is 22.0. The lowest BCUT2D eigenvalue weighted by Gasteiger charge is -2.18. The molecule has 1 atom stereocenters. The van der Waals surface area contributed by atoms with E-state index < -0.39 is 6.10 Å². The number of hydrogen-bond acceptors (Lipinski definition) is 6. The molecular formula is C71H124O6. The number of hydrogen-bond donors (Lipinski definition) is 0. The zero-order chi connectivity index (χ0) is 55.7. The van der Waals surface area contributed by atoms with Gasteiger partial charge in [-0.3, -0.25) is 14.4 Å². The lowest BCUT2D eigenvalue weighted by molar-refractivity contribution is -0.167. The normalized spacial score (nSPS) is 12.6. The van der Waals surface area contributed by atoms with E-state index in [4.69, 9.17) is 14.2 Å². The van der Waals surface area contributed by atoms with E-state index in [2.05, 4.69) is 106 Å². The molecule has 0 aromatic rings. The van der Waals surface area contributed by atoms with Gasteiger partial charge in [-0.05, 0) is 96.3 Å². The van der Waals surface area contributed by atoms with Crippen molar-refractivity contribution in [3.05, 3.63) is 85.1 Å². The number of rotatable bonds is 60. The molecule has 0 fully saturated rings. The van der Waals surface area contributed by atoms with E-state index >= 15 is 0 Å². The lowest BCUT2D eigenvalue weighted by Crippen LogP contribution is -2.30. The highest BCUT2D eigenvalue weighted by Crippen LogP contribution is 2.17. The van der Waals surface area contributed by atoms with Crippen molar-refractivity contribution >= 4 is 17.9 Å². The number of carbonyl (C=O) groups is 3. The SMILES string of the molecule is CC/C=C\C/C=C\C/C=C\C/C=C\C/C=C\CCCCCCCC(=O)OC(COC(=O)CCCCCCC)COC(=O)CCCCCCCCCCCCCCCCCCCCCCC/C=C\C/C=C\CCCCCCC. The first-order valence-electron chi connectivity index (χ1n) is 33.1. The van der Waals surface area contributed by atoms with Crippen LogP contribution in [0.15, 0.2) is 85.1 Å². The molecule has 0 spiro atoms. The van der Waals surface area contributed by atoms with Crippen LogP contribution in [0.25, 0.3) is 0 Å². The molecule has 0 radical (unpaired) electrons. The average Bonchev–Trinajstić information content (AvgIpc) is 3.43. The van der Waals surface area contributed by atoms with Gasteiger partial charge in [-0.2, -0.15) is 0 Å². The molecule has 6 nitrogen and oxygen atoms in total. The summed E-state index contributed by atoms with van der Waals surface area (Å²) in [6.45, 7) is 6.44. The fraction of sp³-hybridized carbons (Fsp3) is 0.761. The molecule has 6 heteroatoms. The van der Waals surface area contributed by atoms with Crippen molar-refractivity contribution in [1.29, 1.82) is 0 Å². The van der Waals surface area contributed by atoms with Crippen LogP contribution in [-0.4, -0.2) is 37.2 Å². The number of unbranched alkanes of at least 4 members (excludes halogenated alkanes) is 35. The molecule has 0 aromatic carbocycles. The highest BCUT2D eigenvalue weighted by molar-refractivity contribution is 5.71. The number of ether oxygens (including phenoxy) is 3. The number of carbonyl (C=O) groups excluding carboxylic acids is 3.